The van der Waals surface area contributed by atoms with E-state index in [2.05, 4.69) is 26.5 Å². The SMILES string of the molecule is COc1ccc(Br)cc1C(=O)NN=Cc1cccc(OC)c1O. The highest BCUT2D eigenvalue weighted by atomic mass is 79.9. The lowest BCUT2D eigenvalue weighted by molar-refractivity contribution is 0.0952. The Hall–Kier alpha value is -2.54. The monoisotopic (exact) mass is 378 g/mol. The van der Waals surface area contributed by atoms with E-state index >= 15 is 0 Å². The fraction of sp³-hybridized carbons (Fsp3) is 0.125. The number of hydrogen-bond acceptors (Lipinski definition) is 5. The van der Waals surface area contributed by atoms with Crippen molar-refractivity contribution in [1.82, 2.24) is 5.43 Å². The van der Waals surface area contributed by atoms with Crippen LogP contribution in [0.1, 0.15) is 15.9 Å². The maximum Gasteiger partial charge on any atom is 0.275 e. The van der Waals surface area contributed by atoms with Gasteiger partial charge in [-0.1, -0.05) is 22.0 Å². The van der Waals surface area contributed by atoms with Crippen LogP contribution in [0.2, 0.25) is 0 Å². The Morgan fingerprint density at radius 2 is 1.96 bits per heavy atom. The topological polar surface area (TPSA) is 80.2 Å². The quantitative estimate of drug-likeness (QED) is 0.619. The lowest BCUT2D eigenvalue weighted by Gasteiger charge is -2.07. The molecule has 2 aromatic rings. The van der Waals surface area contributed by atoms with Crippen molar-refractivity contribution in [3.05, 3.63) is 52.0 Å². The van der Waals surface area contributed by atoms with Crippen LogP contribution in [0.3, 0.4) is 0 Å². The smallest absolute Gasteiger partial charge is 0.275 e. The van der Waals surface area contributed by atoms with E-state index in [1.54, 1.807) is 36.4 Å². The highest BCUT2D eigenvalue weighted by molar-refractivity contribution is 9.10. The fourth-order valence-corrected chi connectivity index (χ4v) is 2.25. The Kier molecular flexibility index (Phi) is 5.59. The first-order valence-corrected chi connectivity index (χ1v) is 7.39. The molecule has 0 saturated carbocycles. The van der Waals surface area contributed by atoms with Crippen LogP contribution >= 0.6 is 15.9 Å². The Balaban J connectivity index is 2.15. The molecule has 0 heterocycles. The van der Waals surface area contributed by atoms with Gasteiger partial charge in [0.25, 0.3) is 5.91 Å². The minimum absolute atomic E-state index is 0.0481. The summed E-state index contributed by atoms with van der Waals surface area (Å²) in [5.74, 6) is 0.286. The largest absolute Gasteiger partial charge is 0.504 e. The van der Waals surface area contributed by atoms with E-state index in [4.69, 9.17) is 9.47 Å². The van der Waals surface area contributed by atoms with Crippen molar-refractivity contribution in [2.24, 2.45) is 5.10 Å². The number of nitrogens with zero attached hydrogens (tertiary/aromatic N) is 1. The van der Waals surface area contributed by atoms with Gasteiger partial charge < -0.3 is 14.6 Å². The molecule has 0 aromatic heterocycles. The Labute approximate surface area is 141 Å². The van der Waals surface area contributed by atoms with Crippen LogP contribution in [-0.4, -0.2) is 31.4 Å². The van der Waals surface area contributed by atoms with Gasteiger partial charge in [-0.3, -0.25) is 4.79 Å². The van der Waals surface area contributed by atoms with Gasteiger partial charge in [0.1, 0.15) is 5.75 Å². The second-order valence-corrected chi connectivity index (χ2v) is 5.36. The van der Waals surface area contributed by atoms with Gasteiger partial charge in [0, 0.05) is 10.0 Å². The third-order valence-electron chi connectivity index (χ3n) is 3.03. The minimum Gasteiger partial charge on any atom is -0.504 e. The Morgan fingerprint density at radius 3 is 2.65 bits per heavy atom. The van der Waals surface area contributed by atoms with Gasteiger partial charge in [-0.15, -0.1) is 0 Å². The molecule has 0 aliphatic rings. The van der Waals surface area contributed by atoms with Crippen LogP contribution in [0.25, 0.3) is 0 Å². The molecule has 0 aliphatic heterocycles. The number of methoxy groups -OCH3 is 2. The van der Waals surface area contributed by atoms with Crippen molar-refractivity contribution in [3.63, 3.8) is 0 Å². The van der Waals surface area contributed by atoms with E-state index in [9.17, 15) is 9.90 Å². The molecule has 2 N–H and O–H groups in total. The maximum absolute atomic E-state index is 12.2. The molecule has 0 aliphatic carbocycles. The molecule has 7 heteroatoms. The summed E-state index contributed by atoms with van der Waals surface area (Å²) in [7, 11) is 2.94. The molecule has 0 radical (unpaired) electrons. The van der Waals surface area contributed by atoms with E-state index < -0.39 is 5.91 Å². The highest BCUT2D eigenvalue weighted by Gasteiger charge is 2.12. The summed E-state index contributed by atoms with van der Waals surface area (Å²) in [6, 6.07) is 10.1. The summed E-state index contributed by atoms with van der Waals surface area (Å²) in [5, 5.41) is 13.8. The second-order valence-electron chi connectivity index (χ2n) is 4.44. The lowest BCUT2D eigenvalue weighted by Crippen LogP contribution is -2.18. The Morgan fingerprint density at radius 1 is 1.22 bits per heavy atom. The molecule has 0 unspecified atom stereocenters. The van der Waals surface area contributed by atoms with Gasteiger partial charge in [0.15, 0.2) is 11.5 Å². The summed E-state index contributed by atoms with van der Waals surface area (Å²) >= 11 is 3.30. The van der Waals surface area contributed by atoms with Crippen LogP contribution in [0, 0.1) is 0 Å². The standard InChI is InChI=1S/C16H15BrN2O4/c1-22-13-7-6-11(17)8-12(13)16(21)19-18-9-10-4-3-5-14(23-2)15(10)20/h3-9,20H,1-2H3,(H,19,21). The number of carbonyl (C=O) groups excluding carboxylic acids is 1. The van der Waals surface area contributed by atoms with Crippen molar-refractivity contribution in [1.29, 1.82) is 0 Å². The summed E-state index contributed by atoms with van der Waals surface area (Å²) in [6.07, 6.45) is 1.33. The van der Waals surface area contributed by atoms with E-state index in [0.29, 0.717) is 22.6 Å². The average molecular weight is 379 g/mol. The van der Waals surface area contributed by atoms with Gasteiger partial charge in [-0.05, 0) is 30.3 Å². The normalized spacial score (nSPS) is 10.6. The number of benzene rings is 2. The minimum atomic E-state index is -0.429. The molecule has 0 saturated heterocycles. The predicted octanol–water partition coefficient (Wildman–Crippen LogP) is 2.94. The summed E-state index contributed by atoms with van der Waals surface area (Å²) in [6.45, 7) is 0. The zero-order chi connectivity index (χ0) is 16.8. The second kappa shape index (κ2) is 7.64. The molecule has 120 valence electrons. The van der Waals surface area contributed by atoms with E-state index in [0.717, 1.165) is 4.47 Å². The summed E-state index contributed by atoms with van der Waals surface area (Å²) in [5.41, 5.74) is 3.16. The highest BCUT2D eigenvalue weighted by Crippen LogP contribution is 2.28. The molecular weight excluding hydrogens is 364 g/mol. The zero-order valence-corrected chi connectivity index (χ0v) is 14.1. The number of carbonyl (C=O) groups is 1. The predicted molar refractivity (Wildman–Crippen MR) is 90.4 cm³/mol. The van der Waals surface area contributed by atoms with Crippen molar-refractivity contribution >= 4 is 28.1 Å². The number of amides is 1. The summed E-state index contributed by atoms with van der Waals surface area (Å²) in [4.78, 5) is 12.2. The third-order valence-corrected chi connectivity index (χ3v) is 3.52. The summed E-state index contributed by atoms with van der Waals surface area (Å²) < 4.78 is 10.9. The molecule has 0 spiro atoms. The number of rotatable bonds is 5. The van der Waals surface area contributed by atoms with E-state index in [1.165, 1.54) is 20.4 Å². The van der Waals surface area contributed by atoms with Crippen molar-refractivity contribution < 1.29 is 19.4 Å². The number of nitrogens with one attached hydrogen (secondary N) is 1. The van der Waals surface area contributed by atoms with Gasteiger partial charge in [0.05, 0.1) is 26.0 Å². The molecule has 23 heavy (non-hydrogen) atoms. The van der Waals surface area contributed by atoms with Crippen molar-refractivity contribution in [3.8, 4) is 17.2 Å². The van der Waals surface area contributed by atoms with Gasteiger partial charge in [-0.2, -0.15) is 5.10 Å². The van der Waals surface area contributed by atoms with Crippen LogP contribution in [0.5, 0.6) is 17.2 Å². The van der Waals surface area contributed by atoms with Crippen LogP contribution in [-0.2, 0) is 0 Å². The van der Waals surface area contributed by atoms with Crippen LogP contribution in [0.15, 0.2) is 46.0 Å². The van der Waals surface area contributed by atoms with Gasteiger partial charge >= 0.3 is 0 Å². The van der Waals surface area contributed by atoms with E-state index in [-0.39, 0.29) is 5.75 Å². The number of halogens is 1. The molecule has 0 fully saturated rings. The van der Waals surface area contributed by atoms with Gasteiger partial charge in [-0.25, -0.2) is 5.43 Å². The van der Waals surface area contributed by atoms with Crippen molar-refractivity contribution in [2.45, 2.75) is 0 Å². The molecule has 2 rings (SSSR count). The molecule has 0 atom stereocenters. The Bertz CT molecular complexity index is 747. The first-order valence-electron chi connectivity index (χ1n) is 6.59. The number of aromatic hydroxyl groups is 1. The van der Waals surface area contributed by atoms with Gasteiger partial charge in [0.2, 0.25) is 0 Å². The number of phenols is 1. The molecule has 0 bridgehead atoms. The van der Waals surface area contributed by atoms with Crippen LogP contribution in [0.4, 0.5) is 0 Å². The zero-order valence-electron chi connectivity index (χ0n) is 12.5. The molecule has 1 amide bonds. The first-order chi connectivity index (χ1) is 11.1. The molecule has 2 aromatic carbocycles. The lowest BCUT2D eigenvalue weighted by atomic mass is 10.2. The number of para-hydroxylation sites is 1. The number of hydrazone groups is 1. The third kappa shape index (κ3) is 4.01. The molecular formula is C16H15BrN2O4. The van der Waals surface area contributed by atoms with E-state index in [1.807, 2.05) is 0 Å². The first kappa shape index (κ1) is 16.8. The van der Waals surface area contributed by atoms with Crippen molar-refractivity contribution in [2.75, 3.05) is 14.2 Å². The number of hydrogen-bond donors (Lipinski definition) is 2. The number of ether oxygens (including phenoxy) is 2. The van der Waals surface area contributed by atoms with Crippen LogP contribution < -0.4 is 14.9 Å². The molecule has 6 nitrogen and oxygen atoms in total. The average Bonchev–Trinajstić information content (AvgIpc) is 2.56. The fourth-order valence-electron chi connectivity index (χ4n) is 1.89. The maximum atomic E-state index is 12.2. The number of phenolic OH excluding ortho intramolecular Hbond substituents is 1.